The Kier molecular flexibility index (Phi) is 4.50. The van der Waals surface area contributed by atoms with E-state index in [1.807, 2.05) is 6.92 Å². The van der Waals surface area contributed by atoms with Gasteiger partial charge >= 0.3 is 0 Å². The van der Waals surface area contributed by atoms with Crippen LogP contribution in [0.4, 0.5) is 0 Å². The van der Waals surface area contributed by atoms with Gasteiger partial charge in [0, 0.05) is 12.5 Å². The number of hydrogen-bond donors (Lipinski definition) is 1. The minimum Gasteiger partial charge on any atom is -0.396 e. The normalized spacial score (nSPS) is 13.7. The predicted octanol–water partition coefficient (Wildman–Crippen LogP) is 1.97. The molecule has 1 unspecified atom stereocenters. The first-order valence-electron chi connectivity index (χ1n) is 5.48. The third kappa shape index (κ3) is 2.83. The molecule has 90 valence electrons. The molecule has 16 heavy (non-hydrogen) atoms. The highest BCUT2D eigenvalue weighted by Gasteiger charge is 2.13. The van der Waals surface area contributed by atoms with Crippen LogP contribution in [0.5, 0.6) is 0 Å². The molecule has 0 spiro atoms. The third-order valence-corrected chi connectivity index (χ3v) is 4.55. The van der Waals surface area contributed by atoms with Crippen LogP contribution in [0.1, 0.15) is 31.7 Å². The first kappa shape index (κ1) is 13.2. The lowest BCUT2D eigenvalue weighted by Crippen LogP contribution is -2.06. The SMILES string of the molecule is CCC(CO)c1ccc(S(=O)(=O)CC)cc1. The Morgan fingerprint density at radius 2 is 1.75 bits per heavy atom. The highest BCUT2D eigenvalue weighted by atomic mass is 32.2. The first-order valence-corrected chi connectivity index (χ1v) is 7.14. The van der Waals surface area contributed by atoms with Crippen molar-refractivity contribution in [2.24, 2.45) is 0 Å². The van der Waals surface area contributed by atoms with E-state index in [2.05, 4.69) is 0 Å². The molecule has 0 radical (unpaired) electrons. The topological polar surface area (TPSA) is 54.4 Å². The number of sulfone groups is 1. The Bertz CT molecular complexity index is 416. The van der Waals surface area contributed by atoms with Crippen LogP contribution in [0.3, 0.4) is 0 Å². The van der Waals surface area contributed by atoms with Crippen molar-refractivity contribution in [1.29, 1.82) is 0 Å². The monoisotopic (exact) mass is 242 g/mol. The molecule has 3 nitrogen and oxygen atoms in total. The third-order valence-electron chi connectivity index (χ3n) is 2.80. The highest BCUT2D eigenvalue weighted by molar-refractivity contribution is 7.91. The molecule has 0 bridgehead atoms. The van der Waals surface area contributed by atoms with Crippen LogP contribution in [-0.4, -0.2) is 25.9 Å². The summed E-state index contributed by atoms with van der Waals surface area (Å²) in [7, 11) is -3.12. The summed E-state index contributed by atoms with van der Waals surface area (Å²) in [6, 6.07) is 6.80. The lowest BCUT2D eigenvalue weighted by molar-refractivity contribution is 0.262. The quantitative estimate of drug-likeness (QED) is 0.858. The lowest BCUT2D eigenvalue weighted by Gasteiger charge is -2.12. The largest absolute Gasteiger partial charge is 0.396 e. The van der Waals surface area contributed by atoms with Gasteiger partial charge in [-0.25, -0.2) is 8.42 Å². The van der Waals surface area contributed by atoms with Crippen LogP contribution < -0.4 is 0 Å². The molecule has 1 aromatic rings. The van der Waals surface area contributed by atoms with E-state index in [0.717, 1.165) is 12.0 Å². The first-order chi connectivity index (χ1) is 7.55. The average molecular weight is 242 g/mol. The van der Waals surface area contributed by atoms with Gasteiger partial charge in [-0.2, -0.15) is 0 Å². The van der Waals surface area contributed by atoms with Crippen molar-refractivity contribution in [3.8, 4) is 0 Å². The van der Waals surface area contributed by atoms with E-state index in [1.54, 1.807) is 31.2 Å². The van der Waals surface area contributed by atoms with Crippen molar-refractivity contribution >= 4 is 9.84 Å². The predicted molar refractivity (Wildman–Crippen MR) is 64.3 cm³/mol. The maximum atomic E-state index is 11.6. The highest BCUT2D eigenvalue weighted by Crippen LogP contribution is 2.21. The maximum absolute atomic E-state index is 11.6. The summed E-state index contributed by atoms with van der Waals surface area (Å²) in [6.45, 7) is 3.72. The summed E-state index contributed by atoms with van der Waals surface area (Å²) in [4.78, 5) is 0.353. The minimum atomic E-state index is -3.12. The van der Waals surface area contributed by atoms with Crippen molar-refractivity contribution in [2.45, 2.75) is 31.1 Å². The second-order valence-electron chi connectivity index (χ2n) is 3.76. The molecular weight excluding hydrogens is 224 g/mol. The summed E-state index contributed by atoms with van der Waals surface area (Å²) >= 11 is 0. The van der Waals surface area contributed by atoms with Crippen molar-refractivity contribution < 1.29 is 13.5 Å². The summed E-state index contributed by atoms with van der Waals surface area (Å²) in [5.74, 6) is 0.210. The molecule has 0 aliphatic rings. The molecule has 0 aliphatic heterocycles. The van der Waals surface area contributed by atoms with Crippen molar-refractivity contribution in [1.82, 2.24) is 0 Å². The van der Waals surface area contributed by atoms with Crippen molar-refractivity contribution in [2.75, 3.05) is 12.4 Å². The number of rotatable bonds is 5. The molecule has 0 saturated carbocycles. The fourth-order valence-corrected chi connectivity index (χ4v) is 2.47. The van der Waals surface area contributed by atoms with Gasteiger partial charge in [0.05, 0.1) is 10.6 Å². The van der Waals surface area contributed by atoms with E-state index in [1.165, 1.54) is 0 Å². The van der Waals surface area contributed by atoms with Gasteiger partial charge in [-0.05, 0) is 24.1 Å². The van der Waals surface area contributed by atoms with Gasteiger partial charge in [-0.1, -0.05) is 26.0 Å². The molecule has 0 saturated heterocycles. The molecule has 1 N–H and O–H groups in total. The van der Waals surface area contributed by atoms with Crippen LogP contribution >= 0.6 is 0 Å². The fraction of sp³-hybridized carbons (Fsp3) is 0.500. The molecule has 0 aromatic heterocycles. The van der Waals surface area contributed by atoms with Crippen LogP contribution in [0.15, 0.2) is 29.2 Å². The summed E-state index contributed by atoms with van der Waals surface area (Å²) in [5, 5.41) is 9.14. The molecular formula is C12H18O3S. The average Bonchev–Trinajstić information content (AvgIpc) is 2.31. The van der Waals surface area contributed by atoms with E-state index in [0.29, 0.717) is 4.90 Å². The Hall–Kier alpha value is -0.870. The Balaban J connectivity index is 3.00. The van der Waals surface area contributed by atoms with Crippen LogP contribution in [-0.2, 0) is 9.84 Å². The molecule has 0 amide bonds. The zero-order chi connectivity index (χ0) is 12.2. The minimum absolute atomic E-state index is 0.0936. The van der Waals surface area contributed by atoms with Crippen molar-refractivity contribution in [3.05, 3.63) is 29.8 Å². The maximum Gasteiger partial charge on any atom is 0.178 e. The van der Waals surface area contributed by atoms with E-state index in [9.17, 15) is 8.42 Å². The van der Waals surface area contributed by atoms with Gasteiger partial charge in [0.15, 0.2) is 9.84 Å². The van der Waals surface area contributed by atoms with Crippen LogP contribution in [0, 0.1) is 0 Å². The van der Waals surface area contributed by atoms with Gasteiger partial charge in [0.25, 0.3) is 0 Å². The lowest BCUT2D eigenvalue weighted by atomic mass is 9.98. The van der Waals surface area contributed by atoms with Gasteiger partial charge < -0.3 is 5.11 Å². The van der Waals surface area contributed by atoms with Gasteiger partial charge in [-0.3, -0.25) is 0 Å². The zero-order valence-electron chi connectivity index (χ0n) is 9.68. The Morgan fingerprint density at radius 1 is 1.19 bits per heavy atom. The number of hydrogen-bond acceptors (Lipinski definition) is 3. The van der Waals surface area contributed by atoms with Gasteiger partial charge in [0.1, 0.15) is 0 Å². The van der Waals surface area contributed by atoms with Crippen LogP contribution in [0.2, 0.25) is 0 Å². The molecule has 1 rings (SSSR count). The number of aliphatic hydroxyl groups excluding tert-OH is 1. The summed E-state index contributed by atoms with van der Waals surface area (Å²) in [5.41, 5.74) is 0.986. The standard InChI is InChI=1S/C12H18O3S/c1-3-10(9-13)11-5-7-12(8-6-11)16(14,15)4-2/h5-8,10,13H,3-4,9H2,1-2H3. The number of aliphatic hydroxyl groups is 1. The second kappa shape index (κ2) is 5.46. The molecule has 0 aliphatic carbocycles. The van der Waals surface area contributed by atoms with E-state index >= 15 is 0 Å². The number of benzene rings is 1. The molecule has 0 fully saturated rings. The van der Waals surface area contributed by atoms with E-state index < -0.39 is 9.84 Å². The summed E-state index contributed by atoms with van der Waals surface area (Å²) in [6.07, 6.45) is 0.844. The van der Waals surface area contributed by atoms with E-state index in [4.69, 9.17) is 5.11 Å². The van der Waals surface area contributed by atoms with Crippen molar-refractivity contribution in [3.63, 3.8) is 0 Å². The zero-order valence-corrected chi connectivity index (χ0v) is 10.5. The molecule has 4 heteroatoms. The summed E-state index contributed by atoms with van der Waals surface area (Å²) < 4.78 is 23.1. The Morgan fingerprint density at radius 3 is 2.12 bits per heavy atom. The van der Waals surface area contributed by atoms with Gasteiger partial charge in [0.2, 0.25) is 0 Å². The fourth-order valence-electron chi connectivity index (χ4n) is 1.58. The molecule has 0 heterocycles. The second-order valence-corrected chi connectivity index (χ2v) is 6.04. The smallest absolute Gasteiger partial charge is 0.178 e. The van der Waals surface area contributed by atoms with E-state index in [-0.39, 0.29) is 18.3 Å². The van der Waals surface area contributed by atoms with Gasteiger partial charge in [-0.15, -0.1) is 0 Å². The van der Waals surface area contributed by atoms with Crippen LogP contribution in [0.25, 0.3) is 0 Å². The molecule has 1 atom stereocenters. The molecule has 1 aromatic carbocycles. The Labute approximate surface area is 97.0 Å².